The molecule has 7 heteroatoms. The number of nitrogens with one attached hydrogen (secondary N) is 1. The van der Waals surface area contributed by atoms with Gasteiger partial charge in [-0.25, -0.2) is 4.68 Å². The summed E-state index contributed by atoms with van der Waals surface area (Å²) in [5.41, 5.74) is 1.48. The SMILES string of the molecule is COc1ccccc1C[C@H](C)N(C)C(=O)c1cn(C2CCNCC2)nn1. The van der Waals surface area contributed by atoms with Crippen molar-refractivity contribution in [1.29, 1.82) is 0 Å². The molecule has 2 heterocycles. The van der Waals surface area contributed by atoms with Crippen molar-refractivity contribution in [2.24, 2.45) is 0 Å². The van der Waals surface area contributed by atoms with Crippen LogP contribution in [0.25, 0.3) is 0 Å². The number of hydrogen-bond donors (Lipinski definition) is 1. The highest BCUT2D eigenvalue weighted by molar-refractivity contribution is 5.91. The summed E-state index contributed by atoms with van der Waals surface area (Å²) in [6, 6.07) is 8.23. The van der Waals surface area contributed by atoms with E-state index in [0.717, 1.165) is 37.2 Å². The molecule has 0 radical (unpaired) electrons. The topological polar surface area (TPSA) is 72.3 Å². The van der Waals surface area contributed by atoms with Gasteiger partial charge in [-0.15, -0.1) is 5.10 Å². The van der Waals surface area contributed by atoms with Crippen LogP contribution in [-0.4, -0.2) is 59.1 Å². The molecule has 1 N–H and O–H groups in total. The molecule has 1 amide bonds. The Labute approximate surface area is 154 Å². The van der Waals surface area contributed by atoms with Crippen LogP contribution in [0, 0.1) is 0 Å². The third-order valence-electron chi connectivity index (χ3n) is 5.10. The molecule has 0 spiro atoms. The second kappa shape index (κ2) is 8.31. The van der Waals surface area contributed by atoms with Crippen molar-refractivity contribution < 1.29 is 9.53 Å². The van der Waals surface area contributed by atoms with Gasteiger partial charge in [-0.3, -0.25) is 4.79 Å². The zero-order chi connectivity index (χ0) is 18.5. The number of ether oxygens (including phenoxy) is 1. The molecule has 3 rings (SSSR count). The predicted octanol–water partition coefficient (Wildman–Crippen LogP) is 1.91. The van der Waals surface area contributed by atoms with E-state index < -0.39 is 0 Å². The third kappa shape index (κ3) is 4.04. The molecular formula is C19H27N5O2. The Morgan fingerprint density at radius 2 is 2.12 bits per heavy atom. The van der Waals surface area contributed by atoms with Gasteiger partial charge in [0.15, 0.2) is 5.69 Å². The van der Waals surface area contributed by atoms with Crippen LogP contribution in [0.3, 0.4) is 0 Å². The lowest BCUT2D eigenvalue weighted by atomic mass is 10.0. The van der Waals surface area contributed by atoms with Crippen LogP contribution in [0.4, 0.5) is 0 Å². The van der Waals surface area contributed by atoms with Gasteiger partial charge in [0.05, 0.1) is 19.3 Å². The van der Waals surface area contributed by atoms with Gasteiger partial charge in [0, 0.05) is 13.1 Å². The lowest BCUT2D eigenvalue weighted by Crippen LogP contribution is -2.36. The molecule has 1 aromatic carbocycles. The van der Waals surface area contributed by atoms with Gasteiger partial charge in [-0.2, -0.15) is 0 Å². The Kier molecular flexibility index (Phi) is 5.88. The highest BCUT2D eigenvalue weighted by Gasteiger charge is 2.23. The molecular weight excluding hydrogens is 330 g/mol. The Balaban J connectivity index is 1.66. The Morgan fingerprint density at radius 1 is 1.38 bits per heavy atom. The highest BCUT2D eigenvalue weighted by atomic mass is 16.5. The van der Waals surface area contributed by atoms with Crippen molar-refractivity contribution in [3.63, 3.8) is 0 Å². The summed E-state index contributed by atoms with van der Waals surface area (Å²) in [5.74, 6) is 0.740. The maximum atomic E-state index is 12.8. The Morgan fingerprint density at radius 3 is 2.85 bits per heavy atom. The Hall–Kier alpha value is -2.41. The first kappa shape index (κ1) is 18.4. The van der Waals surface area contributed by atoms with E-state index in [1.165, 1.54) is 0 Å². The largest absolute Gasteiger partial charge is 0.496 e. The van der Waals surface area contributed by atoms with Crippen LogP contribution in [0.15, 0.2) is 30.5 Å². The zero-order valence-electron chi connectivity index (χ0n) is 15.7. The van der Waals surface area contributed by atoms with Gasteiger partial charge in [0.25, 0.3) is 5.91 Å². The number of hydrogen-bond acceptors (Lipinski definition) is 5. The van der Waals surface area contributed by atoms with Crippen LogP contribution in [-0.2, 0) is 6.42 Å². The molecule has 0 bridgehead atoms. The summed E-state index contributed by atoms with van der Waals surface area (Å²) in [5, 5.41) is 11.6. The molecule has 0 aliphatic carbocycles. The first-order valence-corrected chi connectivity index (χ1v) is 9.11. The molecule has 1 aliphatic rings. The lowest BCUT2D eigenvalue weighted by molar-refractivity contribution is 0.0737. The third-order valence-corrected chi connectivity index (χ3v) is 5.10. The van der Waals surface area contributed by atoms with Crippen LogP contribution in [0.1, 0.15) is 41.9 Å². The molecule has 1 saturated heterocycles. The monoisotopic (exact) mass is 357 g/mol. The molecule has 140 valence electrons. The predicted molar refractivity (Wildman–Crippen MR) is 99.4 cm³/mol. The summed E-state index contributed by atoms with van der Waals surface area (Å²) in [4.78, 5) is 14.5. The fourth-order valence-electron chi connectivity index (χ4n) is 3.33. The quantitative estimate of drug-likeness (QED) is 0.855. The van der Waals surface area contributed by atoms with E-state index in [1.807, 2.05) is 42.9 Å². The number of carbonyl (C=O) groups is 1. The fourth-order valence-corrected chi connectivity index (χ4v) is 3.33. The number of para-hydroxylation sites is 1. The molecule has 2 aromatic rings. The maximum absolute atomic E-state index is 12.8. The van der Waals surface area contributed by atoms with Crippen molar-refractivity contribution in [2.75, 3.05) is 27.2 Å². The van der Waals surface area contributed by atoms with Gasteiger partial charge >= 0.3 is 0 Å². The molecule has 1 aliphatic heterocycles. The van der Waals surface area contributed by atoms with Gasteiger partial charge in [-0.1, -0.05) is 23.4 Å². The van der Waals surface area contributed by atoms with Crippen molar-refractivity contribution in [3.8, 4) is 5.75 Å². The van der Waals surface area contributed by atoms with Crippen LogP contribution in [0.5, 0.6) is 5.75 Å². The normalized spacial score (nSPS) is 16.3. The van der Waals surface area contributed by atoms with E-state index in [2.05, 4.69) is 15.6 Å². The number of carbonyl (C=O) groups excluding carboxylic acids is 1. The number of amides is 1. The number of nitrogens with zero attached hydrogens (tertiary/aromatic N) is 4. The average Bonchev–Trinajstić information content (AvgIpc) is 3.18. The second-order valence-electron chi connectivity index (χ2n) is 6.85. The lowest BCUT2D eigenvalue weighted by Gasteiger charge is -2.25. The van der Waals surface area contributed by atoms with E-state index >= 15 is 0 Å². The van der Waals surface area contributed by atoms with E-state index in [4.69, 9.17) is 4.74 Å². The molecule has 0 saturated carbocycles. The van der Waals surface area contributed by atoms with Crippen LogP contribution in [0.2, 0.25) is 0 Å². The number of aromatic nitrogens is 3. The van der Waals surface area contributed by atoms with Gasteiger partial charge < -0.3 is 15.0 Å². The highest BCUT2D eigenvalue weighted by Crippen LogP contribution is 2.21. The van der Waals surface area contributed by atoms with E-state index in [-0.39, 0.29) is 11.9 Å². The number of piperidine rings is 1. The number of likely N-dealkylation sites (N-methyl/N-ethyl adjacent to an activating group) is 1. The molecule has 1 aromatic heterocycles. The standard InChI is InChI=1S/C19H27N5O2/c1-14(12-15-6-4-5-7-18(15)26-3)23(2)19(25)17-13-24(22-21-17)16-8-10-20-11-9-16/h4-7,13-14,16,20H,8-12H2,1-3H3/t14-/m0/s1. The minimum absolute atomic E-state index is 0.0165. The smallest absolute Gasteiger partial charge is 0.276 e. The summed E-state index contributed by atoms with van der Waals surface area (Å²) in [6.45, 7) is 3.98. The molecule has 0 unspecified atom stereocenters. The second-order valence-corrected chi connectivity index (χ2v) is 6.85. The summed E-state index contributed by atoms with van der Waals surface area (Å²) < 4.78 is 7.25. The molecule has 1 atom stereocenters. The Bertz CT molecular complexity index is 739. The van der Waals surface area contributed by atoms with Gasteiger partial charge in [0.2, 0.25) is 0 Å². The molecule has 26 heavy (non-hydrogen) atoms. The first-order valence-electron chi connectivity index (χ1n) is 9.11. The van der Waals surface area contributed by atoms with Crippen molar-refractivity contribution >= 4 is 5.91 Å². The van der Waals surface area contributed by atoms with Crippen molar-refractivity contribution in [3.05, 3.63) is 41.7 Å². The van der Waals surface area contributed by atoms with E-state index in [9.17, 15) is 4.79 Å². The zero-order valence-corrected chi connectivity index (χ0v) is 15.7. The van der Waals surface area contributed by atoms with E-state index in [0.29, 0.717) is 18.2 Å². The number of methoxy groups -OCH3 is 1. The summed E-state index contributed by atoms with van der Waals surface area (Å²) in [7, 11) is 3.48. The minimum atomic E-state index is -0.104. The number of rotatable bonds is 6. The van der Waals surface area contributed by atoms with Gasteiger partial charge in [-0.05, 0) is 50.9 Å². The summed E-state index contributed by atoms with van der Waals surface area (Å²) in [6.07, 6.45) is 4.52. The van der Waals surface area contributed by atoms with Gasteiger partial charge in [0.1, 0.15) is 5.75 Å². The number of benzene rings is 1. The maximum Gasteiger partial charge on any atom is 0.276 e. The summed E-state index contributed by atoms with van der Waals surface area (Å²) >= 11 is 0. The fraction of sp³-hybridized carbons (Fsp3) is 0.526. The molecule has 1 fully saturated rings. The first-order chi connectivity index (χ1) is 12.6. The van der Waals surface area contributed by atoms with Crippen LogP contribution < -0.4 is 10.1 Å². The van der Waals surface area contributed by atoms with Crippen molar-refractivity contribution in [2.45, 2.75) is 38.3 Å². The molecule has 7 nitrogen and oxygen atoms in total. The van der Waals surface area contributed by atoms with Crippen molar-refractivity contribution in [1.82, 2.24) is 25.2 Å². The van der Waals surface area contributed by atoms with E-state index in [1.54, 1.807) is 18.2 Å². The van der Waals surface area contributed by atoms with Crippen LogP contribution >= 0.6 is 0 Å². The average molecular weight is 357 g/mol. The minimum Gasteiger partial charge on any atom is -0.496 e.